The van der Waals surface area contributed by atoms with Crippen LogP contribution in [0.25, 0.3) is 10.9 Å². The van der Waals surface area contributed by atoms with Crippen LogP contribution in [0, 0.1) is 0 Å². The molecule has 4 heterocycles. The number of likely N-dealkylation sites (tertiary alicyclic amines) is 2. The molecule has 6 heteroatoms. The van der Waals surface area contributed by atoms with Crippen molar-refractivity contribution in [2.24, 2.45) is 0 Å². The second-order valence-corrected chi connectivity index (χ2v) is 9.03. The molecule has 1 N–H and O–H groups in total. The molecule has 2 unspecified atom stereocenters. The summed E-state index contributed by atoms with van der Waals surface area (Å²) < 4.78 is 5.70. The van der Waals surface area contributed by atoms with Crippen molar-refractivity contribution in [1.82, 2.24) is 19.8 Å². The van der Waals surface area contributed by atoms with E-state index >= 15 is 0 Å². The van der Waals surface area contributed by atoms with E-state index in [1.165, 1.54) is 22.0 Å². The molecular weight excluding hydrogens is 400 g/mol. The van der Waals surface area contributed by atoms with Gasteiger partial charge in [0.1, 0.15) is 0 Å². The Bertz CT molecular complexity index is 1040. The highest BCUT2D eigenvalue weighted by atomic mass is 16.5. The Balaban J connectivity index is 1.11. The highest BCUT2D eigenvalue weighted by molar-refractivity contribution is 5.83. The number of hydrogen-bond donors (Lipinski definition) is 1. The smallest absolute Gasteiger partial charge is 0.222 e. The van der Waals surface area contributed by atoms with Gasteiger partial charge >= 0.3 is 0 Å². The molecule has 2 atom stereocenters. The number of pyridine rings is 1. The van der Waals surface area contributed by atoms with Crippen molar-refractivity contribution in [3.05, 3.63) is 66.1 Å². The van der Waals surface area contributed by atoms with Crippen LogP contribution in [0.2, 0.25) is 0 Å². The molecule has 1 amide bonds. The number of carbonyl (C=O) groups is 1. The summed E-state index contributed by atoms with van der Waals surface area (Å²) in [4.78, 5) is 25.0. The van der Waals surface area contributed by atoms with Gasteiger partial charge in [0.05, 0.1) is 12.1 Å². The normalized spacial score (nSPS) is 22.2. The van der Waals surface area contributed by atoms with Gasteiger partial charge in [0, 0.05) is 68.7 Å². The van der Waals surface area contributed by atoms with Crippen LogP contribution >= 0.6 is 0 Å². The fraction of sp³-hybridized carbons (Fsp3) is 0.462. The van der Waals surface area contributed by atoms with Crippen molar-refractivity contribution in [3.63, 3.8) is 0 Å². The third kappa shape index (κ3) is 4.17. The predicted octanol–water partition coefficient (Wildman–Crippen LogP) is 3.95. The Hall–Kier alpha value is -2.70. The SMILES string of the molecule is COC1CN(C2CCN(C(=O)CCCc3c[nH]c4ccccc34)CC2)C1c1cccnc1. The highest BCUT2D eigenvalue weighted by Crippen LogP contribution is 2.39. The van der Waals surface area contributed by atoms with Crippen molar-refractivity contribution < 1.29 is 9.53 Å². The van der Waals surface area contributed by atoms with Gasteiger partial charge in [-0.15, -0.1) is 0 Å². The molecule has 2 aliphatic heterocycles. The van der Waals surface area contributed by atoms with E-state index in [9.17, 15) is 4.79 Å². The minimum Gasteiger partial charge on any atom is -0.378 e. The molecule has 2 fully saturated rings. The molecule has 32 heavy (non-hydrogen) atoms. The summed E-state index contributed by atoms with van der Waals surface area (Å²) in [6.45, 7) is 2.66. The van der Waals surface area contributed by atoms with E-state index < -0.39 is 0 Å². The van der Waals surface area contributed by atoms with Gasteiger partial charge in [0.2, 0.25) is 5.91 Å². The standard InChI is InChI=1S/C26H32N4O2/c1-32-24-18-30(26(24)20-7-5-13-27-16-20)21-11-14-29(15-12-21)25(31)10-4-6-19-17-28-23-9-3-2-8-22(19)23/h2-3,5,7-9,13,16-17,21,24,26,28H,4,6,10-12,14-15,18H2,1H3. The number of aromatic amines is 1. The van der Waals surface area contributed by atoms with Crippen LogP contribution < -0.4 is 0 Å². The number of piperidine rings is 1. The van der Waals surface area contributed by atoms with Crippen LogP contribution in [-0.4, -0.2) is 64.6 Å². The van der Waals surface area contributed by atoms with E-state index in [1.807, 2.05) is 24.5 Å². The second-order valence-electron chi connectivity index (χ2n) is 9.03. The minimum absolute atomic E-state index is 0.225. The van der Waals surface area contributed by atoms with E-state index in [2.05, 4.69) is 50.2 Å². The molecule has 6 nitrogen and oxygen atoms in total. The maximum absolute atomic E-state index is 12.8. The highest BCUT2D eigenvalue weighted by Gasteiger charge is 2.44. The number of aryl methyl sites for hydroxylation is 1. The first-order valence-electron chi connectivity index (χ1n) is 11.8. The van der Waals surface area contributed by atoms with Crippen molar-refractivity contribution >= 4 is 16.8 Å². The van der Waals surface area contributed by atoms with Gasteiger partial charge in [0.25, 0.3) is 0 Å². The predicted molar refractivity (Wildman–Crippen MR) is 125 cm³/mol. The van der Waals surface area contributed by atoms with Gasteiger partial charge in [0.15, 0.2) is 0 Å². The van der Waals surface area contributed by atoms with Crippen molar-refractivity contribution in [2.75, 3.05) is 26.7 Å². The number of hydrogen-bond acceptors (Lipinski definition) is 4. The van der Waals surface area contributed by atoms with Crippen molar-refractivity contribution in [3.8, 4) is 0 Å². The average Bonchev–Trinajstić information content (AvgIpc) is 3.23. The molecule has 0 saturated carbocycles. The van der Waals surface area contributed by atoms with Crippen LogP contribution in [0.4, 0.5) is 0 Å². The zero-order chi connectivity index (χ0) is 21.9. The summed E-state index contributed by atoms with van der Waals surface area (Å²) in [6.07, 6.45) is 10.6. The average molecular weight is 433 g/mol. The topological polar surface area (TPSA) is 61.5 Å². The zero-order valence-electron chi connectivity index (χ0n) is 18.7. The summed E-state index contributed by atoms with van der Waals surface area (Å²) in [6, 6.07) is 13.3. The molecule has 2 saturated heterocycles. The van der Waals surface area contributed by atoms with Crippen LogP contribution in [0.15, 0.2) is 55.0 Å². The van der Waals surface area contributed by atoms with Crippen LogP contribution in [0.1, 0.15) is 42.9 Å². The molecule has 1 aromatic carbocycles. The number of benzene rings is 1. The minimum atomic E-state index is 0.225. The van der Waals surface area contributed by atoms with Crippen LogP contribution in [0.3, 0.4) is 0 Å². The lowest BCUT2D eigenvalue weighted by Gasteiger charge is -2.53. The number of methoxy groups -OCH3 is 1. The lowest BCUT2D eigenvalue weighted by atomic mass is 9.87. The van der Waals surface area contributed by atoms with Gasteiger partial charge in [-0.1, -0.05) is 24.3 Å². The molecule has 0 radical (unpaired) electrons. The van der Waals surface area contributed by atoms with E-state index in [-0.39, 0.29) is 12.1 Å². The first-order valence-corrected chi connectivity index (χ1v) is 11.8. The molecule has 3 aromatic rings. The van der Waals surface area contributed by atoms with E-state index in [0.717, 1.165) is 45.3 Å². The molecule has 0 spiro atoms. The number of fused-ring (bicyclic) bond motifs is 1. The molecular formula is C26H32N4O2. The van der Waals surface area contributed by atoms with Crippen molar-refractivity contribution in [1.29, 1.82) is 0 Å². The molecule has 0 bridgehead atoms. The number of amides is 1. The van der Waals surface area contributed by atoms with Crippen molar-refractivity contribution in [2.45, 2.75) is 50.3 Å². The molecule has 2 aromatic heterocycles. The largest absolute Gasteiger partial charge is 0.378 e. The Labute approximate surface area is 189 Å². The Morgan fingerprint density at radius 2 is 2.03 bits per heavy atom. The third-order valence-electron chi connectivity index (χ3n) is 7.23. The van der Waals surface area contributed by atoms with Gasteiger partial charge in [-0.3, -0.25) is 14.7 Å². The molecule has 5 rings (SSSR count). The molecule has 2 aliphatic rings. The Kier molecular flexibility index (Phi) is 6.23. The van der Waals surface area contributed by atoms with E-state index in [4.69, 9.17) is 4.74 Å². The fourth-order valence-electron chi connectivity index (χ4n) is 5.41. The van der Waals surface area contributed by atoms with Crippen LogP contribution in [-0.2, 0) is 16.0 Å². The first-order chi connectivity index (χ1) is 15.7. The quantitative estimate of drug-likeness (QED) is 0.614. The van der Waals surface area contributed by atoms with E-state index in [1.54, 1.807) is 7.11 Å². The summed E-state index contributed by atoms with van der Waals surface area (Å²) in [5.74, 6) is 0.297. The number of aromatic nitrogens is 2. The lowest BCUT2D eigenvalue weighted by molar-refractivity contribution is -0.137. The molecule has 0 aliphatic carbocycles. The van der Waals surface area contributed by atoms with Gasteiger partial charge in [-0.25, -0.2) is 0 Å². The first kappa shape index (κ1) is 21.2. The maximum atomic E-state index is 12.8. The van der Waals surface area contributed by atoms with E-state index in [0.29, 0.717) is 18.4 Å². The summed E-state index contributed by atoms with van der Waals surface area (Å²) in [5.41, 5.74) is 3.70. The Morgan fingerprint density at radius 1 is 1.19 bits per heavy atom. The number of nitrogens with zero attached hydrogens (tertiary/aromatic N) is 3. The summed E-state index contributed by atoms with van der Waals surface area (Å²) >= 11 is 0. The van der Waals surface area contributed by atoms with Gasteiger partial charge < -0.3 is 14.6 Å². The summed E-state index contributed by atoms with van der Waals surface area (Å²) in [5, 5.41) is 1.27. The third-order valence-corrected chi connectivity index (χ3v) is 7.23. The van der Waals surface area contributed by atoms with Gasteiger partial charge in [-0.2, -0.15) is 0 Å². The number of carbonyl (C=O) groups excluding carboxylic acids is 1. The zero-order valence-corrected chi connectivity index (χ0v) is 18.7. The fourth-order valence-corrected chi connectivity index (χ4v) is 5.41. The number of rotatable bonds is 7. The Morgan fingerprint density at radius 3 is 2.81 bits per heavy atom. The monoisotopic (exact) mass is 432 g/mol. The number of para-hydroxylation sites is 1. The number of H-pyrrole nitrogens is 1. The second kappa shape index (κ2) is 9.43. The van der Waals surface area contributed by atoms with Crippen LogP contribution in [0.5, 0.6) is 0 Å². The number of nitrogens with one attached hydrogen (secondary N) is 1. The molecule has 168 valence electrons. The lowest BCUT2D eigenvalue weighted by Crippen LogP contribution is -2.60. The van der Waals surface area contributed by atoms with Gasteiger partial charge in [-0.05, 0) is 48.9 Å². The maximum Gasteiger partial charge on any atom is 0.222 e. The number of ether oxygens (including phenoxy) is 1. The summed E-state index contributed by atoms with van der Waals surface area (Å²) in [7, 11) is 1.79.